The van der Waals surface area contributed by atoms with Crippen LogP contribution in [-0.4, -0.2) is 33.3 Å². The van der Waals surface area contributed by atoms with Crippen molar-refractivity contribution < 1.29 is 27.1 Å². The summed E-state index contributed by atoms with van der Waals surface area (Å²) < 4.78 is 56.7. The molecule has 3 aromatic rings. The van der Waals surface area contributed by atoms with Crippen LogP contribution in [0.3, 0.4) is 0 Å². The molecule has 12 heteroatoms. The monoisotopic (exact) mass is 543 g/mol. The standard InChI is InChI=1S/C23H21Cl2F2N3O4S/c1-34-15-7-5-14(6-8-15)4-2-3-13-30(35(32)33)18-10-9-17(26)21(19(18)24)29-23(31)16-11-12-28-22(25)20(16)27/h5-12H,2-4,13H2,1H3,(H,29,31)(H,32,33). The second kappa shape index (κ2) is 12.3. The Labute approximate surface area is 213 Å². The van der Waals surface area contributed by atoms with Crippen molar-refractivity contribution in [1.82, 2.24) is 4.98 Å². The first-order valence-electron chi connectivity index (χ1n) is 10.3. The minimum absolute atomic E-state index is 0.0295. The Bertz CT molecular complexity index is 1230. The highest BCUT2D eigenvalue weighted by Crippen LogP contribution is 2.36. The molecule has 1 amide bonds. The number of rotatable bonds is 10. The molecule has 0 aliphatic heterocycles. The molecule has 1 unspecified atom stereocenters. The summed E-state index contributed by atoms with van der Waals surface area (Å²) in [5.41, 5.74) is 0.180. The molecule has 0 aliphatic carbocycles. The van der Waals surface area contributed by atoms with E-state index < -0.39 is 45.2 Å². The molecule has 0 radical (unpaired) electrons. The third kappa shape index (κ3) is 6.66. The number of amides is 1. The lowest BCUT2D eigenvalue weighted by Crippen LogP contribution is -2.27. The zero-order valence-corrected chi connectivity index (χ0v) is 20.8. The van der Waals surface area contributed by atoms with E-state index in [0.717, 1.165) is 40.4 Å². The van der Waals surface area contributed by atoms with Crippen molar-refractivity contribution in [3.63, 3.8) is 0 Å². The largest absolute Gasteiger partial charge is 0.497 e. The quantitative estimate of drug-likeness (QED) is 0.189. The number of carbonyl (C=O) groups excluding carboxylic acids is 1. The molecule has 2 aromatic carbocycles. The van der Waals surface area contributed by atoms with E-state index in [1.165, 1.54) is 6.07 Å². The highest BCUT2D eigenvalue weighted by Gasteiger charge is 2.23. The van der Waals surface area contributed by atoms with Crippen LogP contribution in [0.25, 0.3) is 0 Å². The zero-order chi connectivity index (χ0) is 25.5. The summed E-state index contributed by atoms with van der Waals surface area (Å²) in [6.45, 7) is 0.132. The van der Waals surface area contributed by atoms with Gasteiger partial charge >= 0.3 is 0 Å². The van der Waals surface area contributed by atoms with E-state index in [9.17, 15) is 22.3 Å². The molecule has 0 saturated heterocycles. The fourth-order valence-corrected chi connectivity index (χ4v) is 4.40. The summed E-state index contributed by atoms with van der Waals surface area (Å²) in [6, 6.07) is 10.9. The van der Waals surface area contributed by atoms with Gasteiger partial charge in [0.25, 0.3) is 17.2 Å². The predicted octanol–water partition coefficient (Wildman–Crippen LogP) is 5.89. The molecular formula is C23H21Cl2F2N3O4S. The van der Waals surface area contributed by atoms with Crippen LogP contribution in [-0.2, 0) is 17.7 Å². The highest BCUT2D eigenvalue weighted by atomic mass is 35.5. The van der Waals surface area contributed by atoms with Gasteiger partial charge < -0.3 is 10.1 Å². The van der Waals surface area contributed by atoms with Crippen LogP contribution in [0.1, 0.15) is 28.8 Å². The minimum Gasteiger partial charge on any atom is -0.497 e. The number of benzene rings is 2. The number of ether oxygens (including phenoxy) is 1. The number of hydrogen-bond acceptors (Lipinski definition) is 4. The Hall–Kier alpha value is -2.79. The molecule has 1 aromatic heterocycles. The average molecular weight is 544 g/mol. The lowest BCUT2D eigenvalue weighted by atomic mass is 10.1. The van der Waals surface area contributed by atoms with Gasteiger partial charge in [0.1, 0.15) is 11.6 Å². The average Bonchev–Trinajstić information content (AvgIpc) is 2.84. The Morgan fingerprint density at radius 1 is 1.14 bits per heavy atom. The number of carbonyl (C=O) groups is 1. The minimum atomic E-state index is -2.48. The predicted molar refractivity (Wildman–Crippen MR) is 133 cm³/mol. The van der Waals surface area contributed by atoms with E-state index in [0.29, 0.717) is 12.8 Å². The fraction of sp³-hybridized carbons (Fsp3) is 0.217. The molecule has 7 nitrogen and oxygen atoms in total. The van der Waals surface area contributed by atoms with Crippen LogP contribution in [0.2, 0.25) is 10.2 Å². The fourth-order valence-electron chi connectivity index (χ4n) is 3.28. The Kier molecular flexibility index (Phi) is 9.39. The van der Waals surface area contributed by atoms with Gasteiger partial charge in [-0.3, -0.25) is 13.7 Å². The molecule has 2 N–H and O–H groups in total. The van der Waals surface area contributed by atoms with Gasteiger partial charge in [0, 0.05) is 12.7 Å². The third-order valence-electron chi connectivity index (χ3n) is 5.09. The maximum absolute atomic E-state index is 14.5. The van der Waals surface area contributed by atoms with E-state index in [2.05, 4.69) is 10.3 Å². The van der Waals surface area contributed by atoms with Gasteiger partial charge in [0.2, 0.25) is 0 Å². The van der Waals surface area contributed by atoms with Crippen LogP contribution in [0.5, 0.6) is 5.75 Å². The van der Waals surface area contributed by atoms with Crippen LogP contribution in [0, 0.1) is 11.6 Å². The van der Waals surface area contributed by atoms with Gasteiger partial charge in [-0.1, -0.05) is 35.3 Å². The third-order valence-corrected chi connectivity index (χ3v) is 6.50. The summed E-state index contributed by atoms with van der Waals surface area (Å²) in [7, 11) is 1.59. The topological polar surface area (TPSA) is 91.8 Å². The molecule has 0 spiro atoms. The van der Waals surface area contributed by atoms with Crippen LogP contribution in [0.15, 0.2) is 48.7 Å². The van der Waals surface area contributed by atoms with Crippen LogP contribution >= 0.6 is 23.2 Å². The van der Waals surface area contributed by atoms with E-state index in [4.69, 9.17) is 27.9 Å². The molecule has 0 aliphatic rings. The van der Waals surface area contributed by atoms with Crippen molar-refractivity contribution in [3.05, 3.63) is 81.6 Å². The van der Waals surface area contributed by atoms with Crippen molar-refractivity contribution in [1.29, 1.82) is 0 Å². The Morgan fingerprint density at radius 2 is 1.86 bits per heavy atom. The first-order chi connectivity index (χ1) is 16.7. The number of hydrogen-bond donors (Lipinski definition) is 2. The van der Waals surface area contributed by atoms with E-state index >= 15 is 0 Å². The maximum Gasteiger partial charge on any atom is 0.261 e. The lowest BCUT2D eigenvalue weighted by molar-refractivity contribution is 0.102. The lowest BCUT2D eigenvalue weighted by Gasteiger charge is -2.22. The summed E-state index contributed by atoms with van der Waals surface area (Å²) in [5.74, 6) is -2.25. The van der Waals surface area contributed by atoms with Gasteiger partial charge in [-0.2, -0.15) is 0 Å². The number of methoxy groups -OCH3 is 1. The van der Waals surface area contributed by atoms with Crippen LogP contribution < -0.4 is 14.4 Å². The molecule has 35 heavy (non-hydrogen) atoms. The Balaban J connectivity index is 1.73. The number of anilines is 2. The second-order valence-corrected chi connectivity index (χ2v) is 8.95. The summed E-state index contributed by atoms with van der Waals surface area (Å²) >= 11 is 9.43. The normalized spacial score (nSPS) is 11.7. The Morgan fingerprint density at radius 3 is 2.51 bits per heavy atom. The van der Waals surface area contributed by atoms with Gasteiger partial charge in [-0.25, -0.2) is 18.0 Å². The van der Waals surface area contributed by atoms with Crippen molar-refractivity contribution in [2.45, 2.75) is 19.3 Å². The van der Waals surface area contributed by atoms with Crippen molar-refractivity contribution >= 4 is 51.8 Å². The molecule has 186 valence electrons. The van der Waals surface area contributed by atoms with E-state index in [-0.39, 0.29) is 17.3 Å². The molecule has 0 bridgehead atoms. The molecule has 1 atom stereocenters. The van der Waals surface area contributed by atoms with Gasteiger partial charge in [0.15, 0.2) is 11.0 Å². The van der Waals surface area contributed by atoms with Gasteiger partial charge in [0.05, 0.1) is 29.1 Å². The first kappa shape index (κ1) is 26.8. The summed E-state index contributed by atoms with van der Waals surface area (Å²) in [5, 5.41) is 1.38. The first-order valence-corrected chi connectivity index (χ1v) is 12.2. The van der Waals surface area contributed by atoms with Crippen molar-refractivity contribution in [2.75, 3.05) is 23.3 Å². The number of aromatic nitrogens is 1. The SMILES string of the molecule is COc1ccc(CCCCN(c2ccc(F)c(NC(=O)c3ccnc(Cl)c3F)c2Cl)S(=O)O)cc1. The highest BCUT2D eigenvalue weighted by molar-refractivity contribution is 7.80. The molecule has 3 rings (SSSR count). The second-order valence-electron chi connectivity index (χ2n) is 7.31. The maximum atomic E-state index is 14.5. The number of nitrogens with zero attached hydrogens (tertiary/aromatic N) is 2. The van der Waals surface area contributed by atoms with Gasteiger partial charge in [-0.05, 0) is 55.2 Å². The van der Waals surface area contributed by atoms with E-state index in [1.54, 1.807) is 7.11 Å². The molecular weight excluding hydrogens is 523 g/mol. The number of unbranched alkanes of at least 4 members (excludes halogenated alkanes) is 1. The summed E-state index contributed by atoms with van der Waals surface area (Å²) in [4.78, 5) is 16.0. The number of aryl methyl sites for hydroxylation is 1. The number of nitrogens with one attached hydrogen (secondary N) is 1. The van der Waals surface area contributed by atoms with Crippen molar-refractivity contribution in [2.24, 2.45) is 0 Å². The van der Waals surface area contributed by atoms with Crippen molar-refractivity contribution in [3.8, 4) is 5.75 Å². The number of pyridine rings is 1. The molecule has 0 fully saturated rings. The van der Waals surface area contributed by atoms with Gasteiger partial charge in [-0.15, -0.1) is 0 Å². The molecule has 1 heterocycles. The number of halogens is 4. The smallest absolute Gasteiger partial charge is 0.261 e. The van der Waals surface area contributed by atoms with E-state index in [1.807, 2.05) is 24.3 Å². The summed E-state index contributed by atoms with van der Waals surface area (Å²) in [6.07, 6.45) is 3.07. The van der Waals surface area contributed by atoms with Crippen LogP contribution in [0.4, 0.5) is 20.2 Å². The molecule has 0 saturated carbocycles. The zero-order valence-electron chi connectivity index (χ0n) is 18.4.